The Hall–Kier alpha value is -3.62. The number of carboxylic acids is 1. The van der Waals surface area contributed by atoms with Crippen molar-refractivity contribution in [2.75, 3.05) is 11.9 Å². The van der Waals surface area contributed by atoms with Crippen molar-refractivity contribution in [3.63, 3.8) is 0 Å². The van der Waals surface area contributed by atoms with E-state index < -0.39 is 48.5 Å². The second-order valence-corrected chi connectivity index (χ2v) is 10.5. The predicted molar refractivity (Wildman–Crippen MR) is 137 cm³/mol. The van der Waals surface area contributed by atoms with Crippen molar-refractivity contribution in [1.29, 1.82) is 0 Å². The van der Waals surface area contributed by atoms with Gasteiger partial charge in [0.15, 0.2) is 12.5 Å². The number of hydrogen-bond donors (Lipinski definition) is 3. The SMILES string of the molecule is O=C(Nc1ccn([C@@H]2O[C@H](COCc3sccc3C(=O)O)C3O[C@H](c4ccccc4)O[C@@H]32)c(=O)n1)NC1CC1. The number of benzene rings is 1. The van der Waals surface area contributed by atoms with E-state index in [-0.39, 0.29) is 30.6 Å². The summed E-state index contributed by atoms with van der Waals surface area (Å²) in [5.41, 5.74) is 0.396. The average Bonchev–Trinajstić information content (AvgIpc) is 3.30. The highest BCUT2D eigenvalue weighted by Crippen LogP contribution is 2.44. The molecule has 1 saturated carbocycles. The van der Waals surface area contributed by atoms with E-state index in [1.165, 1.54) is 34.2 Å². The number of aromatic carboxylic acids is 1. The van der Waals surface area contributed by atoms with Crippen LogP contribution in [0.2, 0.25) is 0 Å². The third-order valence-corrected chi connectivity index (χ3v) is 7.56. The van der Waals surface area contributed by atoms with Gasteiger partial charge in [0.1, 0.15) is 24.1 Å². The number of hydrogen-bond acceptors (Lipinski definition) is 9. The third-order valence-electron chi connectivity index (χ3n) is 6.67. The first-order valence-electron chi connectivity index (χ1n) is 12.5. The van der Waals surface area contributed by atoms with E-state index in [4.69, 9.17) is 18.9 Å². The molecule has 1 unspecified atom stereocenters. The highest BCUT2D eigenvalue weighted by atomic mass is 32.1. The predicted octanol–water partition coefficient (Wildman–Crippen LogP) is 2.88. The van der Waals surface area contributed by atoms with Gasteiger partial charge in [0.2, 0.25) is 0 Å². The van der Waals surface area contributed by atoms with Crippen LogP contribution in [0.1, 0.15) is 46.2 Å². The number of carboxylic acid groups (broad SMARTS) is 1. The van der Waals surface area contributed by atoms with Crippen molar-refractivity contribution >= 4 is 29.2 Å². The molecule has 1 aliphatic carbocycles. The zero-order chi connectivity index (χ0) is 26.9. The van der Waals surface area contributed by atoms with E-state index in [1.807, 2.05) is 30.3 Å². The number of fused-ring (bicyclic) bond motifs is 1. The quantitative estimate of drug-likeness (QED) is 0.363. The molecule has 2 saturated heterocycles. The number of carbonyl (C=O) groups excluding carboxylic acids is 1. The maximum atomic E-state index is 13.0. The van der Waals surface area contributed by atoms with E-state index >= 15 is 0 Å². The maximum absolute atomic E-state index is 13.0. The number of nitrogens with zero attached hydrogens (tertiary/aromatic N) is 2. The smallest absolute Gasteiger partial charge is 0.351 e. The monoisotopic (exact) mass is 554 g/mol. The van der Waals surface area contributed by atoms with Gasteiger partial charge >= 0.3 is 17.7 Å². The fourth-order valence-corrected chi connectivity index (χ4v) is 5.41. The van der Waals surface area contributed by atoms with E-state index in [9.17, 15) is 19.5 Å². The molecule has 3 aromatic rings. The lowest BCUT2D eigenvalue weighted by molar-refractivity contribution is -0.159. The second kappa shape index (κ2) is 10.9. The molecule has 0 spiro atoms. The number of rotatable bonds is 9. The Kier molecular flexibility index (Phi) is 7.14. The molecule has 2 amide bonds. The first kappa shape index (κ1) is 25.6. The molecule has 0 bridgehead atoms. The Labute approximate surface area is 226 Å². The molecule has 204 valence electrons. The molecule has 3 N–H and O–H groups in total. The largest absolute Gasteiger partial charge is 0.478 e. The van der Waals surface area contributed by atoms with Crippen LogP contribution >= 0.6 is 11.3 Å². The minimum absolute atomic E-state index is 0.0860. The fourth-order valence-electron chi connectivity index (χ4n) is 4.61. The van der Waals surface area contributed by atoms with Gasteiger partial charge in [-0.1, -0.05) is 30.3 Å². The van der Waals surface area contributed by atoms with Crippen LogP contribution in [-0.4, -0.2) is 57.6 Å². The zero-order valence-corrected chi connectivity index (χ0v) is 21.4. The van der Waals surface area contributed by atoms with Gasteiger partial charge < -0.3 is 29.4 Å². The summed E-state index contributed by atoms with van der Waals surface area (Å²) >= 11 is 1.30. The molecule has 1 aromatic carbocycles. The lowest BCUT2D eigenvalue weighted by atomic mass is 10.1. The summed E-state index contributed by atoms with van der Waals surface area (Å²) in [5.74, 6) is -0.889. The minimum Gasteiger partial charge on any atom is -0.478 e. The molecule has 6 rings (SSSR count). The van der Waals surface area contributed by atoms with Gasteiger partial charge in [-0.05, 0) is 30.4 Å². The summed E-state index contributed by atoms with van der Waals surface area (Å²) in [5, 5.41) is 16.4. The summed E-state index contributed by atoms with van der Waals surface area (Å²) in [6.45, 7) is 0.178. The molecular weight excluding hydrogens is 528 g/mol. The van der Waals surface area contributed by atoms with Crippen molar-refractivity contribution in [2.45, 2.75) is 56.3 Å². The summed E-state index contributed by atoms with van der Waals surface area (Å²) in [7, 11) is 0. The number of carbonyl (C=O) groups is 2. The molecule has 3 aliphatic rings. The third kappa shape index (κ3) is 5.58. The van der Waals surface area contributed by atoms with Crippen LogP contribution in [0.25, 0.3) is 0 Å². The average molecular weight is 555 g/mol. The number of aromatic nitrogens is 2. The van der Waals surface area contributed by atoms with Crippen molar-refractivity contribution in [2.24, 2.45) is 0 Å². The van der Waals surface area contributed by atoms with Gasteiger partial charge in [-0.2, -0.15) is 4.98 Å². The van der Waals surface area contributed by atoms with Gasteiger partial charge in [-0.3, -0.25) is 9.88 Å². The molecule has 4 heterocycles. The Morgan fingerprint density at radius 3 is 2.64 bits per heavy atom. The number of nitrogens with one attached hydrogen (secondary N) is 2. The van der Waals surface area contributed by atoms with Crippen molar-refractivity contribution in [3.8, 4) is 0 Å². The topological polar surface area (TPSA) is 150 Å². The number of amides is 2. The lowest BCUT2D eigenvalue weighted by Crippen LogP contribution is -2.35. The second-order valence-electron chi connectivity index (χ2n) is 9.46. The van der Waals surface area contributed by atoms with Gasteiger partial charge in [0, 0.05) is 22.7 Å². The Morgan fingerprint density at radius 2 is 1.90 bits per heavy atom. The van der Waals surface area contributed by atoms with Crippen LogP contribution < -0.4 is 16.3 Å². The summed E-state index contributed by atoms with van der Waals surface area (Å²) in [4.78, 5) is 41.0. The Bertz CT molecular complexity index is 1410. The fraction of sp³-hybridized carbons (Fsp3) is 0.385. The van der Waals surface area contributed by atoms with Crippen LogP contribution in [-0.2, 0) is 25.6 Å². The van der Waals surface area contributed by atoms with E-state index in [1.54, 1.807) is 5.38 Å². The summed E-state index contributed by atoms with van der Waals surface area (Å²) in [6.07, 6.45) is 0.0508. The van der Waals surface area contributed by atoms with Crippen molar-refractivity contribution in [3.05, 3.63) is 80.5 Å². The molecule has 12 nitrogen and oxygen atoms in total. The van der Waals surface area contributed by atoms with Crippen LogP contribution in [0, 0.1) is 0 Å². The number of anilines is 1. The highest BCUT2D eigenvalue weighted by molar-refractivity contribution is 7.10. The minimum atomic E-state index is -1.01. The number of ether oxygens (including phenoxy) is 4. The molecule has 2 aliphatic heterocycles. The Morgan fingerprint density at radius 1 is 1.10 bits per heavy atom. The molecule has 13 heteroatoms. The maximum Gasteiger partial charge on any atom is 0.351 e. The molecule has 0 radical (unpaired) electrons. The van der Waals surface area contributed by atoms with Gasteiger partial charge in [0.05, 0.1) is 18.8 Å². The highest BCUT2D eigenvalue weighted by Gasteiger charge is 2.54. The first-order chi connectivity index (χ1) is 19.0. The Balaban J connectivity index is 1.18. The van der Waals surface area contributed by atoms with Crippen LogP contribution in [0.3, 0.4) is 0 Å². The van der Waals surface area contributed by atoms with Crippen molar-refractivity contribution in [1.82, 2.24) is 14.9 Å². The standard InChI is InChI=1S/C26H26N4O8S/c31-23(32)16-9-11-39-18(16)13-35-12-17-20-21(38-24(37-20)14-4-2-1-3-5-14)22(36-17)30-10-8-19(29-26(30)34)28-25(33)27-15-6-7-15/h1-5,8-11,15,17,20-22,24H,6-7,12-13H2,(H,31,32)(H2,27,28,29,33,34)/t17-,20?,21+,22-,24+/m1/s1. The van der Waals surface area contributed by atoms with Crippen molar-refractivity contribution < 1.29 is 33.6 Å². The van der Waals surface area contributed by atoms with Gasteiger partial charge in [-0.25, -0.2) is 14.4 Å². The molecule has 39 heavy (non-hydrogen) atoms. The van der Waals surface area contributed by atoms with E-state index in [0.29, 0.717) is 4.88 Å². The summed E-state index contributed by atoms with van der Waals surface area (Å²) in [6, 6.07) is 12.2. The summed E-state index contributed by atoms with van der Waals surface area (Å²) < 4.78 is 25.8. The van der Waals surface area contributed by atoms with Gasteiger partial charge in [0.25, 0.3) is 0 Å². The van der Waals surface area contributed by atoms with Gasteiger partial charge in [-0.15, -0.1) is 11.3 Å². The molecule has 5 atom stereocenters. The first-order valence-corrected chi connectivity index (χ1v) is 13.4. The van der Waals surface area contributed by atoms with Crippen LogP contribution in [0.5, 0.6) is 0 Å². The van der Waals surface area contributed by atoms with Crippen LogP contribution in [0.15, 0.2) is 58.8 Å². The number of urea groups is 1. The normalized spacial score (nSPS) is 25.8. The molecule has 3 fully saturated rings. The molecular formula is C26H26N4O8S. The van der Waals surface area contributed by atoms with Crippen LogP contribution in [0.4, 0.5) is 10.6 Å². The van der Waals surface area contributed by atoms with E-state index in [2.05, 4.69) is 15.6 Å². The lowest BCUT2D eigenvalue weighted by Gasteiger charge is -2.21. The number of thiophene rings is 1. The van der Waals surface area contributed by atoms with E-state index in [0.717, 1.165) is 18.4 Å². The zero-order valence-electron chi connectivity index (χ0n) is 20.6. The molecule has 2 aromatic heterocycles.